The van der Waals surface area contributed by atoms with Crippen LogP contribution in [0, 0.1) is 5.92 Å². The molecule has 0 bridgehead atoms. The smallest absolute Gasteiger partial charge is 0.239 e. The number of nitrogens with zero attached hydrogens (tertiary/aromatic N) is 1. The molecule has 1 aliphatic carbocycles. The van der Waals surface area contributed by atoms with Crippen molar-refractivity contribution in [3.05, 3.63) is 57.9 Å². The van der Waals surface area contributed by atoms with E-state index in [1.165, 1.54) is 29.5 Å². The molecular weight excluding hydrogens is 509 g/mol. The summed E-state index contributed by atoms with van der Waals surface area (Å²) < 4.78 is 0. The molecule has 2 amide bonds. The number of anilines is 2. The van der Waals surface area contributed by atoms with Gasteiger partial charge in [0.05, 0.1) is 16.0 Å². The third-order valence-electron chi connectivity index (χ3n) is 5.72. The third-order valence-corrected chi connectivity index (χ3v) is 8.14. The van der Waals surface area contributed by atoms with E-state index in [0.29, 0.717) is 20.9 Å². The molecule has 0 saturated heterocycles. The zero-order chi connectivity index (χ0) is 24.1. The van der Waals surface area contributed by atoms with Gasteiger partial charge in [0.2, 0.25) is 11.8 Å². The molecule has 4 rings (SSSR count). The Morgan fingerprint density at radius 3 is 2.50 bits per heavy atom. The van der Waals surface area contributed by atoms with Gasteiger partial charge in [0.25, 0.3) is 0 Å². The number of carbonyl (C=O) groups excluding carboxylic acids is 2. The van der Waals surface area contributed by atoms with Crippen LogP contribution in [-0.2, 0) is 9.59 Å². The van der Waals surface area contributed by atoms with E-state index in [-0.39, 0.29) is 23.0 Å². The molecule has 0 spiro atoms. The van der Waals surface area contributed by atoms with Crippen LogP contribution in [0.4, 0.5) is 10.8 Å². The first kappa shape index (κ1) is 25.0. The number of carbonyl (C=O) groups is 2. The van der Waals surface area contributed by atoms with Gasteiger partial charge in [-0.05, 0) is 62.2 Å². The van der Waals surface area contributed by atoms with Crippen LogP contribution in [0.3, 0.4) is 0 Å². The van der Waals surface area contributed by atoms with Gasteiger partial charge in [-0.2, -0.15) is 0 Å². The molecule has 1 aromatic heterocycles. The van der Waals surface area contributed by atoms with Gasteiger partial charge in [0, 0.05) is 32.5 Å². The zero-order valence-corrected chi connectivity index (χ0v) is 21.8. The minimum Gasteiger partial charge on any atom is -0.326 e. The average molecular weight is 535 g/mol. The molecule has 1 saturated carbocycles. The number of rotatable bonds is 7. The molecule has 0 aliphatic heterocycles. The van der Waals surface area contributed by atoms with E-state index in [0.717, 1.165) is 41.8 Å². The summed E-state index contributed by atoms with van der Waals surface area (Å²) in [6, 6.07) is 12.9. The number of benzene rings is 2. The first-order valence-electron chi connectivity index (χ1n) is 11.2. The molecule has 1 atom stereocenters. The van der Waals surface area contributed by atoms with Crippen molar-refractivity contribution in [2.24, 2.45) is 5.92 Å². The Hall–Kier alpha value is -2.06. The quantitative estimate of drug-likeness (QED) is 0.304. The summed E-state index contributed by atoms with van der Waals surface area (Å²) in [5, 5.41) is 9.01. The first-order valence-corrected chi connectivity index (χ1v) is 13.7. The van der Waals surface area contributed by atoms with Crippen LogP contribution in [0.2, 0.25) is 10.0 Å². The van der Waals surface area contributed by atoms with Crippen molar-refractivity contribution in [1.29, 1.82) is 0 Å². The summed E-state index contributed by atoms with van der Waals surface area (Å²) in [4.78, 5) is 30.6. The molecular formula is C25H25Cl2N3O2S2. The van der Waals surface area contributed by atoms with Crippen LogP contribution in [0.15, 0.2) is 52.7 Å². The highest BCUT2D eigenvalue weighted by Crippen LogP contribution is 2.33. The molecule has 3 aromatic rings. The molecule has 1 unspecified atom stereocenters. The number of amides is 2. The molecule has 2 aromatic carbocycles. The minimum atomic E-state index is -0.325. The Kier molecular flexibility index (Phi) is 8.53. The van der Waals surface area contributed by atoms with Crippen molar-refractivity contribution in [2.75, 3.05) is 10.6 Å². The monoisotopic (exact) mass is 533 g/mol. The van der Waals surface area contributed by atoms with E-state index in [1.54, 1.807) is 12.1 Å². The SMILES string of the molecule is CC(Sc1ccc(NC(=O)C2CCCCC2)cc1)C(=O)Nc1nc(-c2ccc(Cl)cc2Cl)cs1. The molecule has 178 valence electrons. The van der Waals surface area contributed by atoms with Gasteiger partial charge in [-0.15, -0.1) is 23.1 Å². The van der Waals surface area contributed by atoms with Crippen molar-refractivity contribution in [3.8, 4) is 11.3 Å². The maximum absolute atomic E-state index is 12.7. The predicted octanol–water partition coefficient (Wildman–Crippen LogP) is 7.76. The van der Waals surface area contributed by atoms with Crippen LogP contribution in [-0.4, -0.2) is 22.0 Å². The average Bonchev–Trinajstić information content (AvgIpc) is 3.28. The second kappa shape index (κ2) is 11.6. The fourth-order valence-corrected chi connectivity index (χ4v) is 5.93. The lowest BCUT2D eigenvalue weighted by atomic mass is 9.88. The maximum atomic E-state index is 12.7. The van der Waals surface area contributed by atoms with E-state index < -0.39 is 0 Å². The van der Waals surface area contributed by atoms with E-state index in [1.807, 2.05) is 42.6 Å². The third kappa shape index (κ3) is 6.54. The molecule has 34 heavy (non-hydrogen) atoms. The predicted molar refractivity (Wildman–Crippen MR) is 143 cm³/mol. The molecule has 1 fully saturated rings. The Morgan fingerprint density at radius 1 is 1.06 bits per heavy atom. The standard InChI is InChI=1S/C25H25Cl2N3O2S2/c1-15(23(31)30-25-29-22(14-33-25)20-12-7-17(26)13-21(20)27)34-19-10-8-18(9-11-19)28-24(32)16-5-3-2-4-6-16/h7-16H,2-6H2,1H3,(H,28,32)(H,29,30,31). The van der Waals surface area contributed by atoms with Crippen LogP contribution < -0.4 is 10.6 Å². The summed E-state index contributed by atoms with van der Waals surface area (Å²) in [6.45, 7) is 1.85. The fraction of sp³-hybridized carbons (Fsp3) is 0.320. The lowest BCUT2D eigenvalue weighted by Crippen LogP contribution is -2.24. The van der Waals surface area contributed by atoms with Crippen LogP contribution >= 0.6 is 46.3 Å². The van der Waals surface area contributed by atoms with Gasteiger partial charge < -0.3 is 10.6 Å². The number of thiazole rings is 1. The normalized spacial score (nSPS) is 15.0. The van der Waals surface area contributed by atoms with Crippen molar-refractivity contribution in [3.63, 3.8) is 0 Å². The Morgan fingerprint density at radius 2 is 1.79 bits per heavy atom. The number of halogens is 2. The number of nitrogens with one attached hydrogen (secondary N) is 2. The minimum absolute atomic E-state index is 0.107. The highest BCUT2D eigenvalue weighted by Gasteiger charge is 2.21. The second-order valence-corrected chi connectivity index (χ2v) is 11.4. The number of aromatic nitrogens is 1. The largest absolute Gasteiger partial charge is 0.326 e. The zero-order valence-electron chi connectivity index (χ0n) is 18.6. The lowest BCUT2D eigenvalue weighted by Gasteiger charge is -2.20. The van der Waals surface area contributed by atoms with E-state index in [2.05, 4.69) is 15.6 Å². The lowest BCUT2D eigenvalue weighted by molar-refractivity contribution is -0.120. The summed E-state index contributed by atoms with van der Waals surface area (Å²) >= 11 is 15.0. The van der Waals surface area contributed by atoms with E-state index in [4.69, 9.17) is 23.2 Å². The Bertz CT molecular complexity index is 1160. The molecule has 2 N–H and O–H groups in total. The molecule has 0 radical (unpaired) electrons. The van der Waals surface area contributed by atoms with Crippen molar-refractivity contribution in [2.45, 2.75) is 49.2 Å². The van der Waals surface area contributed by atoms with Gasteiger partial charge in [0.15, 0.2) is 5.13 Å². The topological polar surface area (TPSA) is 71.1 Å². The molecule has 9 heteroatoms. The highest BCUT2D eigenvalue weighted by atomic mass is 35.5. The summed E-state index contributed by atoms with van der Waals surface area (Å²) in [7, 11) is 0. The number of hydrogen-bond donors (Lipinski definition) is 2. The molecule has 5 nitrogen and oxygen atoms in total. The second-order valence-electron chi connectivity index (χ2n) is 8.26. The highest BCUT2D eigenvalue weighted by molar-refractivity contribution is 8.00. The summed E-state index contributed by atoms with van der Waals surface area (Å²) in [5.74, 6) is 0.0898. The Balaban J connectivity index is 1.30. The van der Waals surface area contributed by atoms with Crippen LogP contribution in [0.1, 0.15) is 39.0 Å². The van der Waals surface area contributed by atoms with Crippen molar-refractivity contribution >= 4 is 68.9 Å². The van der Waals surface area contributed by atoms with Gasteiger partial charge >= 0.3 is 0 Å². The van der Waals surface area contributed by atoms with Gasteiger partial charge in [-0.3, -0.25) is 9.59 Å². The van der Waals surface area contributed by atoms with Gasteiger partial charge in [-0.1, -0.05) is 42.5 Å². The molecule has 1 aliphatic rings. The number of thioether (sulfide) groups is 1. The number of hydrogen-bond acceptors (Lipinski definition) is 5. The van der Waals surface area contributed by atoms with Gasteiger partial charge in [-0.25, -0.2) is 4.98 Å². The van der Waals surface area contributed by atoms with E-state index in [9.17, 15) is 9.59 Å². The maximum Gasteiger partial charge on any atom is 0.239 e. The first-order chi connectivity index (χ1) is 16.4. The molecule has 1 heterocycles. The van der Waals surface area contributed by atoms with Crippen LogP contribution in [0.5, 0.6) is 0 Å². The Labute approximate surface area is 217 Å². The van der Waals surface area contributed by atoms with E-state index >= 15 is 0 Å². The van der Waals surface area contributed by atoms with Crippen molar-refractivity contribution in [1.82, 2.24) is 4.98 Å². The van der Waals surface area contributed by atoms with Crippen LogP contribution in [0.25, 0.3) is 11.3 Å². The fourth-order valence-electron chi connectivity index (χ4n) is 3.84. The van der Waals surface area contributed by atoms with Gasteiger partial charge in [0.1, 0.15) is 0 Å². The van der Waals surface area contributed by atoms with Crippen molar-refractivity contribution < 1.29 is 9.59 Å². The summed E-state index contributed by atoms with van der Waals surface area (Å²) in [5.41, 5.74) is 2.24. The summed E-state index contributed by atoms with van der Waals surface area (Å²) in [6.07, 6.45) is 5.43.